The summed E-state index contributed by atoms with van der Waals surface area (Å²) in [5, 5.41) is 5.56. The van der Waals surface area contributed by atoms with Crippen LogP contribution in [0, 0.1) is 13.8 Å². The molecule has 31 heavy (non-hydrogen) atoms. The number of aromatic nitrogens is 2. The molecule has 5 rings (SSSR count). The van der Waals surface area contributed by atoms with E-state index in [9.17, 15) is 9.59 Å². The molecule has 3 amide bonds. The zero-order valence-electron chi connectivity index (χ0n) is 17.1. The van der Waals surface area contributed by atoms with Crippen molar-refractivity contribution in [2.24, 2.45) is 0 Å². The van der Waals surface area contributed by atoms with Crippen LogP contribution < -0.4 is 4.90 Å². The van der Waals surface area contributed by atoms with Crippen LogP contribution in [0.4, 0.5) is 10.5 Å². The summed E-state index contributed by atoms with van der Waals surface area (Å²) in [7, 11) is 0. The van der Waals surface area contributed by atoms with Gasteiger partial charge in [-0.15, -0.1) is 11.8 Å². The summed E-state index contributed by atoms with van der Waals surface area (Å²) in [5.74, 6) is 0.589. The fraction of sp³-hybridized carbons (Fsp3) is 0.217. The third-order valence-electron chi connectivity index (χ3n) is 5.41. The molecule has 0 N–H and O–H groups in total. The number of thioether (sulfide) groups is 1. The molecule has 1 aromatic heterocycles. The smallest absolute Gasteiger partial charge is 0.332 e. The average molecular weight is 433 g/mol. The van der Waals surface area contributed by atoms with Crippen molar-refractivity contribution in [2.75, 3.05) is 4.90 Å². The van der Waals surface area contributed by atoms with Crippen LogP contribution in [0.5, 0.6) is 0 Å². The van der Waals surface area contributed by atoms with Crippen LogP contribution in [0.25, 0.3) is 11.4 Å². The maximum Gasteiger partial charge on any atom is 0.332 e. The molecule has 2 atom stereocenters. The highest BCUT2D eigenvalue weighted by Gasteiger charge is 2.48. The number of anilines is 1. The lowest BCUT2D eigenvalue weighted by molar-refractivity contribution is -0.119. The van der Waals surface area contributed by atoms with Gasteiger partial charge >= 0.3 is 6.03 Å². The molecule has 2 aromatic carbocycles. The highest BCUT2D eigenvalue weighted by molar-refractivity contribution is 8.03. The number of benzene rings is 2. The Bertz CT molecular complexity index is 1190. The van der Waals surface area contributed by atoms with Gasteiger partial charge in [-0.3, -0.25) is 4.79 Å². The molecule has 3 aromatic rings. The van der Waals surface area contributed by atoms with E-state index in [1.165, 1.54) is 16.7 Å². The van der Waals surface area contributed by atoms with Crippen LogP contribution in [0.3, 0.4) is 0 Å². The summed E-state index contributed by atoms with van der Waals surface area (Å²) >= 11 is 1.42. The lowest BCUT2D eigenvalue weighted by atomic mass is 10.1. The van der Waals surface area contributed by atoms with Crippen molar-refractivity contribution in [3.05, 3.63) is 77.0 Å². The number of rotatable bonds is 4. The van der Waals surface area contributed by atoms with Crippen molar-refractivity contribution in [1.29, 1.82) is 0 Å². The Hall–Kier alpha value is -3.39. The predicted octanol–water partition coefficient (Wildman–Crippen LogP) is 4.32. The first kappa shape index (κ1) is 19.6. The van der Waals surface area contributed by atoms with Gasteiger partial charge in [-0.25, -0.2) is 9.69 Å². The van der Waals surface area contributed by atoms with Gasteiger partial charge in [-0.05, 0) is 37.5 Å². The van der Waals surface area contributed by atoms with E-state index in [0.29, 0.717) is 17.4 Å². The SMILES string of the molecule is Cc1ccc(N2C(=O)C3SC=CC3N(Cc3nc(-c4cccc(C)c4)no3)C2=O)cc1. The Kier molecular flexibility index (Phi) is 4.86. The predicted molar refractivity (Wildman–Crippen MR) is 118 cm³/mol. The Balaban J connectivity index is 1.45. The van der Waals surface area contributed by atoms with Gasteiger partial charge < -0.3 is 9.42 Å². The lowest BCUT2D eigenvalue weighted by Gasteiger charge is -2.40. The Labute approximate surface area is 183 Å². The largest absolute Gasteiger partial charge is 0.337 e. The molecule has 1 fully saturated rings. The number of amides is 3. The minimum Gasteiger partial charge on any atom is -0.337 e. The molecular weight excluding hydrogens is 412 g/mol. The van der Waals surface area contributed by atoms with E-state index >= 15 is 0 Å². The van der Waals surface area contributed by atoms with Gasteiger partial charge in [-0.1, -0.05) is 52.7 Å². The fourth-order valence-corrected chi connectivity index (χ4v) is 4.85. The quantitative estimate of drug-likeness (QED) is 0.611. The number of hydrogen-bond donors (Lipinski definition) is 0. The van der Waals surface area contributed by atoms with Crippen LogP contribution in [0.15, 0.2) is 64.5 Å². The van der Waals surface area contributed by atoms with Crippen LogP contribution in [0.2, 0.25) is 0 Å². The first-order valence-electron chi connectivity index (χ1n) is 9.94. The van der Waals surface area contributed by atoms with Crippen molar-refractivity contribution in [3.63, 3.8) is 0 Å². The fourth-order valence-electron chi connectivity index (χ4n) is 3.81. The van der Waals surface area contributed by atoms with Crippen molar-refractivity contribution >= 4 is 29.4 Å². The minimum atomic E-state index is -0.391. The number of nitrogens with zero attached hydrogens (tertiary/aromatic N) is 4. The molecule has 2 aliphatic heterocycles. The van der Waals surface area contributed by atoms with Gasteiger partial charge in [0, 0.05) is 5.56 Å². The number of hydrogen-bond acceptors (Lipinski definition) is 6. The third-order valence-corrected chi connectivity index (χ3v) is 6.50. The van der Waals surface area contributed by atoms with Crippen LogP contribution in [-0.4, -0.2) is 38.3 Å². The first-order chi connectivity index (χ1) is 15.0. The van der Waals surface area contributed by atoms with Crippen molar-refractivity contribution in [3.8, 4) is 11.4 Å². The average Bonchev–Trinajstić information content (AvgIpc) is 3.42. The number of urea groups is 1. The second-order valence-electron chi connectivity index (χ2n) is 7.68. The van der Waals surface area contributed by atoms with Gasteiger partial charge in [0.05, 0.1) is 11.7 Å². The Morgan fingerprint density at radius 1 is 1.06 bits per heavy atom. The zero-order valence-corrected chi connectivity index (χ0v) is 17.9. The standard InChI is InChI=1S/C23H20N4O3S/c1-14-6-8-17(9-7-14)27-22(28)20-18(10-11-31-20)26(23(27)29)13-19-24-21(25-30-19)16-5-3-4-15(2)12-16/h3-12,18,20H,13H2,1-2H3. The van der Waals surface area contributed by atoms with Crippen LogP contribution in [-0.2, 0) is 11.3 Å². The highest BCUT2D eigenvalue weighted by Crippen LogP contribution is 2.37. The molecule has 156 valence electrons. The van der Waals surface area contributed by atoms with Gasteiger partial charge in [-0.2, -0.15) is 4.98 Å². The molecule has 0 saturated carbocycles. The highest BCUT2D eigenvalue weighted by atomic mass is 32.2. The molecule has 2 unspecified atom stereocenters. The molecule has 8 heteroatoms. The van der Waals surface area contributed by atoms with Gasteiger partial charge in [0.25, 0.3) is 5.91 Å². The second-order valence-corrected chi connectivity index (χ2v) is 8.73. The van der Waals surface area contributed by atoms with Gasteiger partial charge in [0.15, 0.2) is 0 Å². The summed E-state index contributed by atoms with van der Waals surface area (Å²) in [6, 6.07) is 14.4. The van der Waals surface area contributed by atoms with Gasteiger partial charge in [0.2, 0.25) is 11.7 Å². The van der Waals surface area contributed by atoms with E-state index in [1.54, 1.807) is 17.0 Å². The number of aryl methyl sites for hydroxylation is 2. The van der Waals surface area contributed by atoms with Crippen molar-refractivity contribution in [1.82, 2.24) is 15.0 Å². The van der Waals surface area contributed by atoms with Crippen molar-refractivity contribution in [2.45, 2.75) is 31.7 Å². The van der Waals surface area contributed by atoms with E-state index in [0.717, 1.165) is 16.7 Å². The van der Waals surface area contributed by atoms with Crippen LogP contribution in [0.1, 0.15) is 17.0 Å². The summed E-state index contributed by atoms with van der Waals surface area (Å²) < 4.78 is 5.45. The zero-order chi connectivity index (χ0) is 21.5. The summed E-state index contributed by atoms with van der Waals surface area (Å²) in [6.45, 7) is 4.08. The first-order valence-corrected chi connectivity index (χ1v) is 10.9. The number of fused-ring (bicyclic) bond motifs is 1. The third kappa shape index (κ3) is 3.53. The van der Waals surface area contributed by atoms with Crippen LogP contribution >= 0.6 is 11.8 Å². The monoisotopic (exact) mass is 432 g/mol. The maximum atomic E-state index is 13.4. The van der Waals surface area contributed by atoms with E-state index < -0.39 is 11.3 Å². The summed E-state index contributed by atoms with van der Waals surface area (Å²) in [6.07, 6.45) is 1.88. The molecule has 0 spiro atoms. The van der Waals surface area contributed by atoms with E-state index in [1.807, 2.05) is 61.7 Å². The van der Waals surface area contributed by atoms with Crippen molar-refractivity contribution < 1.29 is 14.1 Å². The molecule has 7 nitrogen and oxygen atoms in total. The summed E-state index contributed by atoms with van der Waals surface area (Å²) in [5.41, 5.74) is 3.56. The molecule has 2 aliphatic rings. The molecule has 0 bridgehead atoms. The molecule has 3 heterocycles. The van der Waals surface area contributed by atoms with Gasteiger partial charge in [0.1, 0.15) is 11.8 Å². The normalized spacial score (nSPS) is 20.5. The number of carbonyl (C=O) groups excluding carboxylic acids is 2. The Morgan fingerprint density at radius 2 is 1.87 bits per heavy atom. The lowest BCUT2D eigenvalue weighted by Crippen LogP contribution is -2.61. The maximum absolute atomic E-state index is 13.4. The number of carbonyl (C=O) groups is 2. The molecule has 0 aliphatic carbocycles. The van der Waals surface area contributed by atoms with E-state index in [-0.39, 0.29) is 18.5 Å². The Morgan fingerprint density at radius 3 is 2.65 bits per heavy atom. The number of imide groups is 1. The topological polar surface area (TPSA) is 79.5 Å². The molecule has 0 radical (unpaired) electrons. The summed E-state index contributed by atoms with van der Waals surface area (Å²) in [4.78, 5) is 33.8. The minimum absolute atomic E-state index is 0.124. The molecule has 1 saturated heterocycles. The molecular formula is C23H20N4O3S. The van der Waals surface area contributed by atoms with E-state index in [2.05, 4.69) is 10.1 Å². The second kappa shape index (κ2) is 7.70. The van der Waals surface area contributed by atoms with E-state index in [4.69, 9.17) is 4.52 Å².